The van der Waals surface area contributed by atoms with Crippen molar-refractivity contribution in [2.24, 2.45) is 0 Å². The van der Waals surface area contributed by atoms with Crippen LogP contribution < -0.4 is 10.6 Å². The summed E-state index contributed by atoms with van der Waals surface area (Å²) in [7, 11) is 0. The van der Waals surface area contributed by atoms with Crippen LogP contribution in [-0.2, 0) is 9.59 Å². The van der Waals surface area contributed by atoms with Crippen molar-refractivity contribution in [2.45, 2.75) is 74.9 Å². The number of nitrogens with one attached hydrogen (secondary N) is 4. The second kappa shape index (κ2) is 19.4. The average molecular weight is 915 g/mol. The second-order valence-corrected chi connectivity index (χ2v) is 18.1. The van der Waals surface area contributed by atoms with Gasteiger partial charge in [0.05, 0.1) is 42.4 Å². The number of rotatable bonds is 9. The van der Waals surface area contributed by atoms with Gasteiger partial charge >= 0.3 is 12.1 Å². The van der Waals surface area contributed by atoms with Gasteiger partial charge < -0.3 is 50.4 Å². The van der Waals surface area contributed by atoms with E-state index >= 15 is 0 Å². The lowest BCUT2D eigenvalue weighted by atomic mass is 10.0. The minimum Gasteiger partial charge on any atom is -0.391 e. The van der Waals surface area contributed by atoms with E-state index in [1.807, 2.05) is 95.9 Å². The number of aliphatic hydroxyl groups excluding tert-OH is 2. The highest BCUT2D eigenvalue weighted by atomic mass is 16.3. The van der Waals surface area contributed by atoms with E-state index in [1.165, 1.54) is 0 Å². The Hall–Kier alpha value is -7.48. The Bertz CT molecular complexity index is 2870. The topological polar surface area (TPSA) is 203 Å². The average Bonchev–Trinajstić information content (AvgIpc) is 4.23. The molecule has 2 aromatic heterocycles. The standard InChI is InChI=1S/C52H54N10O6/c63-40-21-25-59(31-40)51(67)57-45(34-9-3-1-4-10-34)49(65)61-23-7-13-43(61)47-53-29-39(55-47)20-16-33-15-17-37-28-38(19-18-36(37)27-33)42-30-54-48(56-42)44-14-8-24-62(44)50(66)46(35-11-5-2-6-12-35)58-52(68)60-26-22-41(64)32-60/h1-6,9-12,15,17-19,27-30,40-41,43-46,63-64H,7-8,13-14,21-26,31-32H2,(H,53,55)(H,54,56)(H,57,67)(H,58,68)/t40-,41-,43-,44-,45+,46+/m0/s1. The first-order valence-corrected chi connectivity index (χ1v) is 23.5. The summed E-state index contributed by atoms with van der Waals surface area (Å²) in [6.45, 7) is 2.40. The van der Waals surface area contributed by atoms with Gasteiger partial charge in [0.1, 0.15) is 29.4 Å². The highest BCUT2D eigenvalue weighted by Crippen LogP contribution is 2.36. The van der Waals surface area contributed by atoms with Crippen LogP contribution in [0.4, 0.5) is 9.59 Å². The molecule has 348 valence electrons. The molecule has 0 radical (unpaired) electrons. The Balaban J connectivity index is 0.804. The number of likely N-dealkylation sites (tertiary alicyclic amines) is 4. The van der Waals surface area contributed by atoms with Crippen molar-refractivity contribution in [3.63, 3.8) is 0 Å². The van der Waals surface area contributed by atoms with Gasteiger partial charge in [-0.2, -0.15) is 0 Å². The molecule has 0 saturated carbocycles. The predicted molar refractivity (Wildman–Crippen MR) is 253 cm³/mol. The maximum absolute atomic E-state index is 14.3. The van der Waals surface area contributed by atoms with Gasteiger partial charge in [-0.05, 0) is 84.5 Å². The third kappa shape index (κ3) is 9.40. The number of β-amino-alcohol motifs (C(OH)–C–C–N with tert-alkyl or cyclic N) is 2. The molecule has 16 nitrogen and oxygen atoms in total. The zero-order valence-electron chi connectivity index (χ0n) is 37.6. The first-order chi connectivity index (χ1) is 33.1. The molecule has 4 saturated heterocycles. The zero-order valence-corrected chi connectivity index (χ0v) is 37.6. The maximum Gasteiger partial charge on any atom is 0.318 e. The lowest BCUT2D eigenvalue weighted by Crippen LogP contribution is -2.47. The van der Waals surface area contributed by atoms with Crippen molar-refractivity contribution in [3.05, 3.63) is 143 Å². The Morgan fingerprint density at radius 2 is 1.13 bits per heavy atom. The van der Waals surface area contributed by atoms with Gasteiger partial charge in [0, 0.05) is 50.4 Å². The molecule has 0 aliphatic carbocycles. The van der Waals surface area contributed by atoms with Crippen molar-refractivity contribution in [1.29, 1.82) is 0 Å². The fraction of sp³-hybridized carbons (Fsp3) is 0.346. The molecular formula is C52H54N10O6. The van der Waals surface area contributed by atoms with Gasteiger partial charge in [-0.25, -0.2) is 19.6 Å². The molecule has 6 atom stereocenters. The first-order valence-electron chi connectivity index (χ1n) is 23.5. The number of amides is 6. The van der Waals surface area contributed by atoms with Crippen molar-refractivity contribution in [2.75, 3.05) is 39.3 Å². The van der Waals surface area contributed by atoms with Crippen LogP contribution in [0, 0.1) is 11.8 Å². The van der Waals surface area contributed by atoms with Crippen LogP contribution in [0.5, 0.6) is 0 Å². The molecule has 6 amide bonds. The van der Waals surface area contributed by atoms with Crippen molar-refractivity contribution in [1.82, 2.24) is 50.2 Å². The van der Waals surface area contributed by atoms with Gasteiger partial charge in [0.25, 0.3) is 0 Å². The van der Waals surface area contributed by atoms with Crippen LogP contribution in [0.3, 0.4) is 0 Å². The molecule has 16 heteroatoms. The van der Waals surface area contributed by atoms with Crippen LogP contribution in [0.15, 0.2) is 109 Å². The van der Waals surface area contributed by atoms with Gasteiger partial charge in [-0.15, -0.1) is 0 Å². The summed E-state index contributed by atoms with van der Waals surface area (Å²) in [5, 5.41) is 28.0. The van der Waals surface area contributed by atoms with Crippen LogP contribution in [0.25, 0.3) is 22.0 Å². The fourth-order valence-electron chi connectivity index (χ4n) is 9.96. The lowest BCUT2D eigenvalue weighted by Gasteiger charge is -2.30. The number of H-pyrrole nitrogens is 2. The number of fused-ring (bicyclic) bond motifs is 1. The number of hydrogen-bond acceptors (Lipinski definition) is 8. The number of urea groups is 2. The van der Waals surface area contributed by atoms with E-state index in [1.54, 1.807) is 27.1 Å². The van der Waals surface area contributed by atoms with E-state index < -0.39 is 24.3 Å². The largest absolute Gasteiger partial charge is 0.391 e. The van der Waals surface area contributed by atoms with E-state index in [9.17, 15) is 29.4 Å². The van der Waals surface area contributed by atoms with E-state index in [0.717, 1.165) is 46.9 Å². The number of carbonyl (C=O) groups is 4. The molecule has 4 aliphatic heterocycles. The van der Waals surface area contributed by atoms with Crippen molar-refractivity contribution in [3.8, 4) is 23.1 Å². The van der Waals surface area contributed by atoms with Crippen LogP contribution in [0.2, 0.25) is 0 Å². The molecule has 10 rings (SSSR count). The van der Waals surface area contributed by atoms with Crippen LogP contribution in [0.1, 0.15) is 96.7 Å². The molecule has 6 N–H and O–H groups in total. The quantitative estimate of drug-likeness (QED) is 0.0990. The number of aromatic nitrogens is 4. The Kier molecular flexibility index (Phi) is 12.7. The summed E-state index contributed by atoms with van der Waals surface area (Å²) in [4.78, 5) is 78.0. The molecule has 4 aromatic carbocycles. The SMILES string of the molecule is O=C(N[C@@H](C(=O)N1CCC[C@H]1c1ncc(C#Cc2ccc3cc(-c4cnc([C@@H]5CCCN5C(=O)[C@H](NC(=O)N5CC[C@H](O)C5)c5ccccc5)[nH]4)ccc3c2)[nH]1)c1ccccc1)N1CC[C@H](O)C1. The minimum absolute atomic E-state index is 0.202. The minimum atomic E-state index is -0.892. The van der Waals surface area contributed by atoms with Gasteiger partial charge in [0.15, 0.2) is 0 Å². The molecule has 0 spiro atoms. The molecule has 68 heavy (non-hydrogen) atoms. The zero-order chi connectivity index (χ0) is 46.7. The molecule has 6 aromatic rings. The third-order valence-corrected chi connectivity index (χ3v) is 13.6. The van der Waals surface area contributed by atoms with E-state index in [0.29, 0.717) is 73.9 Å². The number of benzene rings is 4. The second-order valence-electron chi connectivity index (χ2n) is 18.1. The molecule has 4 aliphatic rings. The third-order valence-electron chi connectivity index (χ3n) is 13.6. The maximum atomic E-state index is 14.3. The first kappa shape index (κ1) is 44.4. The number of aromatic amines is 2. The van der Waals surface area contributed by atoms with Gasteiger partial charge in [-0.3, -0.25) is 9.59 Å². The van der Waals surface area contributed by atoms with Crippen molar-refractivity contribution >= 4 is 34.6 Å². The number of imidazole rings is 2. The molecular weight excluding hydrogens is 861 g/mol. The molecule has 0 bridgehead atoms. The van der Waals surface area contributed by atoms with E-state index in [4.69, 9.17) is 4.98 Å². The summed E-state index contributed by atoms with van der Waals surface area (Å²) < 4.78 is 0. The summed E-state index contributed by atoms with van der Waals surface area (Å²) in [6, 6.07) is 27.6. The smallest absolute Gasteiger partial charge is 0.318 e. The van der Waals surface area contributed by atoms with E-state index in [2.05, 4.69) is 43.5 Å². The number of carbonyl (C=O) groups excluding carboxylic acids is 4. The highest BCUT2D eigenvalue weighted by molar-refractivity contribution is 5.90. The highest BCUT2D eigenvalue weighted by Gasteiger charge is 2.40. The molecule has 6 heterocycles. The number of hydrogen-bond donors (Lipinski definition) is 6. The Labute approximate surface area is 393 Å². The Morgan fingerprint density at radius 1 is 0.603 bits per heavy atom. The molecule has 4 fully saturated rings. The lowest BCUT2D eigenvalue weighted by molar-refractivity contribution is -0.135. The predicted octanol–water partition coefficient (Wildman–Crippen LogP) is 5.71. The summed E-state index contributed by atoms with van der Waals surface area (Å²) in [5.74, 6) is 7.39. The summed E-state index contributed by atoms with van der Waals surface area (Å²) in [6.07, 6.45) is 6.41. The Morgan fingerprint density at radius 3 is 1.69 bits per heavy atom. The van der Waals surface area contributed by atoms with Gasteiger partial charge in [-0.1, -0.05) is 84.8 Å². The van der Waals surface area contributed by atoms with Gasteiger partial charge in [0.2, 0.25) is 11.8 Å². The monoisotopic (exact) mass is 914 g/mol. The number of nitrogens with zero attached hydrogens (tertiary/aromatic N) is 6. The normalized spacial score (nSPS) is 21.1. The van der Waals surface area contributed by atoms with Crippen molar-refractivity contribution < 1.29 is 29.4 Å². The van der Waals surface area contributed by atoms with E-state index in [-0.39, 0.29) is 49.0 Å². The fourth-order valence-corrected chi connectivity index (χ4v) is 9.96. The summed E-state index contributed by atoms with van der Waals surface area (Å²) >= 11 is 0. The summed E-state index contributed by atoms with van der Waals surface area (Å²) in [5.41, 5.74) is 4.59. The van der Waals surface area contributed by atoms with Crippen LogP contribution in [-0.4, -0.2) is 125 Å². The number of aliphatic hydroxyl groups is 2. The van der Waals surface area contributed by atoms with Crippen LogP contribution >= 0.6 is 0 Å². The molecule has 0 unspecified atom stereocenters.